The Labute approximate surface area is 122 Å². The predicted molar refractivity (Wildman–Crippen MR) is 78.0 cm³/mol. The molecule has 0 atom stereocenters. The predicted octanol–water partition coefficient (Wildman–Crippen LogP) is 4.44. The minimum Gasteiger partial charge on any atom is -0.397 e. The zero-order valence-corrected chi connectivity index (χ0v) is 11.9. The number of nitrogens with zero attached hydrogens (tertiary/aromatic N) is 1. The van der Waals surface area contributed by atoms with Gasteiger partial charge in [0.2, 0.25) is 0 Å². The van der Waals surface area contributed by atoms with E-state index in [4.69, 9.17) is 22.6 Å². The van der Waals surface area contributed by atoms with Gasteiger partial charge in [-0.3, -0.25) is 0 Å². The number of hydrogen-bond donors (Lipinski definition) is 2. The number of benzene rings is 2. The molecule has 0 aliphatic heterocycles. The van der Waals surface area contributed by atoms with Gasteiger partial charge in [0, 0.05) is 10.5 Å². The molecular formula is C13H8BrClFN3. The molecule has 0 fully saturated rings. The van der Waals surface area contributed by atoms with Crippen molar-refractivity contribution in [2.45, 2.75) is 0 Å². The van der Waals surface area contributed by atoms with E-state index in [1.54, 1.807) is 18.2 Å². The number of nitrogens with two attached hydrogens (primary N) is 1. The van der Waals surface area contributed by atoms with Crippen LogP contribution >= 0.6 is 27.5 Å². The summed E-state index contributed by atoms with van der Waals surface area (Å²) in [6.45, 7) is 0. The highest BCUT2D eigenvalue weighted by molar-refractivity contribution is 9.10. The first-order valence-electron chi connectivity index (χ1n) is 5.22. The van der Waals surface area contributed by atoms with Crippen LogP contribution in [0.3, 0.4) is 0 Å². The Bertz CT molecular complexity index is 682. The Kier molecular flexibility index (Phi) is 3.93. The van der Waals surface area contributed by atoms with Gasteiger partial charge in [-0.05, 0) is 24.3 Å². The van der Waals surface area contributed by atoms with E-state index in [1.165, 1.54) is 6.07 Å². The third kappa shape index (κ3) is 2.98. The summed E-state index contributed by atoms with van der Waals surface area (Å²) in [7, 11) is 0. The number of nitriles is 1. The summed E-state index contributed by atoms with van der Waals surface area (Å²) in [6.07, 6.45) is 0. The number of nitrogens with one attached hydrogen (secondary N) is 1. The Hall–Kier alpha value is -1.77. The van der Waals surface area contributed by atoms with E-state index in [9.17, 15) is 4.39 Å². The van der Waals surface area contributed by atoms with Crippen LogP contribution in [0.25, 0.3) is 0 Å². The minimum atomic E-state index is -0.582. The molecule has 19 heavy (non-hydrogen) atoms. The molecule has 2 rings (SSSR count). The van der Waals surface area contributed by atoms with Gasteiger partial charge in [0.05, 0.1) is 27.6 Å². The quantitative estimate of drug-likeness (QED) is 0.795. The summed E-state index contributed by atoms with van der Waals surface area (Å²) in [5.74, 6) is -0.582. The molecule has 3 N–H and O–H groups in total. The fraction of sp³-hybridized carbons (Fsp3) is 0. The molecule has 3 nitrogen and oxygen atoms in total. The lowest BCUT2D eigenvalue weighted by Gasteiger charge is -2.11. The first kappa shape index (κ1) is 13.7. The van der Waals surface area contributed by atoms with E-state index in [0.717, 1.165) is 10.5 Å². The largest absolute Gasteiger partial charge is 0.397 e. The van der Waals surface area contributed by atoms with Gasteiger partial charge >= 0.3 is 0 Å². The molecule has 96 valence electrons. The number of rotatable bonds is 2. The van der Waals surface area contributed by atoms with Gasteiger partial charge in [-0.15, -0.1) is 0 Å². The molecular weight excluding hydrogens is 333 g/mol. The van der Waals surface area contributed by atoms with Gasteiger partial charge in [0.25, 0.3) is 0 Å². The average Bonchev–Trinajstić information content (AvgIpc) is 2.37. The monoisotopic (exact) mass is 339 g/mol. The molecule has 0 spiro atoms. The number of nitrogen functional groups attached to an aromatic ring is 1. The number of anilines is 3. The van der Waals surface area contributed by atoms with E-state index < -0.39 is 5.82 Å². The van der Waals surface area contributed by atoms with Crippen molar-refractivity contribution in [3.63, 3.8) is 0 Å². The van der Waals surface area contributed by atoms with Crippen molar-refractivity contribution in [2.24, 2.45) is 0 Å². The Morgan fingerprint density at radius 2 is 2.00 bits per heavy atom. The molecule has 0 amide bonds. The third-order valence-corrected chi connectivity index (χ3v) is 3.25. The molecule has 0 unspecified atom stereocenters. The van der Waals surface area contributed by atoms with Crippen LogP contribution in [0.2, 0.25) is 5.02 Å². The molecule has 0 heterocycles. The smallest absolute Gasteiger partial charge is 0.143 e. The van der Waals surface area contributed by atoms with Gasteiger partial charge in [-0.25, -0.2) is 4.39 Å². The molecule has 0 saturated heterocycles. The molecule has 2 aromatic rings. The summed E-state index contributed by atoms with van der Waals surface area (Å²) < 4.78 is 14.0. The zero-order valence-electron chi connectivity index (χ0n) is 9.55. The maximum absolute atomic E-state index is 13.2. The van der Waals surface area contributed by atoms with Crippen LogP contribution in [0.4, 0.5) is 21.5 Å². The maximum Gasteiger partial charge on any atom is 0.143 e. The van der Waals surface area contributed by atoms with Crippen LogP contribution in [0.1, 0.15) is 5.56 Å². The Morgan fingerprint density at radius 1 is 1.26 bits per heavy atom. The van der Waals surface area contributed by atoms with Crippen molar-refractivity contribution in [3.8, 4) is 6.07 Å². The topological polar surface area (TPSA) is 61.8 Å². The molecule has 0 saturated carbocycles. The van der Waals surface area contributed by atoms with E-state index in [1.807, 2.05) is 0 Å². The molecule has 0 aromatic heterocycles. The minimum absolute atomic E-state index is 0.0349. The highest BCUT2D eigenvalue weighted by Crippen LogP contribution is 2.30. The molecule has 0 bridgehead atoms. The first-order chi connectivity index (χ1) is 9.01. The fourth-order valence-corrected chi connectivity index (χ4v) is 2.06. The normalized spacial score (nSPS) is 10.0. The lowest BCUT2D eigenvalue weighted by atomic mass is 10.2. The zero-order chi connectivity index (χ0) is 14.0. The van der Waals surface area contributed by atoms with Gasteiger partial charge < -0.3 is 11.1 Å². The fourth-order valence-electron chi connectivity index (χ4n) is 1.53. The summed E-state index contributed by atoms with van der Waals surface area (Å²) >= 11 is 8.99. The maximum atomic E-state index is 13.2. The SMILES string of the molecule is N#Cc1cc(Br)ccc1Nc1cc(Cl)c(F)cc1N. The lowest BCUT2D eigenvalue weighted by Crippen LogP contribution is -1.99. The van der Waals surface area contributed by atoms with E-state index in [-0.39, 0.29) is 10.7 Å². The Morgan fingerprint density at radius 3 is 2.68 bits per heavy atom. The van der Waals surface area contributed by atoms with Gasteiger partial charge in [0.1, 0.15) is 11.9 Å². The summed E-state index contributed by atoms with van der Waals surface area (Å²) in [6, 6.07) is 9.75. The molecule has 0 aliphatic rings. The molecule has 0 radical (unpaired) electrons. The summed E-state index contributed by atoms with van der Waals surface area (Å²) in [4.78, 5) is 0. The second-order valence-corrected chi connectivity index (χ2v) is 5.10. The van der Waals surface area contributed by atoms with Crippen LogP contribution in [-0.4, -0.2) is 0 Å². The van der Waals surface area contributed by atoms with Crippen molar-refractivity contribution in [1.82, 2.24) is 0 Å². The third-order valence-electron chi connectivity index (χ3n) is 2.46. The second kappa shape index (κ2) is 5.47. The first-order valence-corrected chi connectivity index (χ1v) is 6.39. The van der Waals surface area contributed by atoms with E-state index in [0.29, 0.717) is 16.9 Å². The summed E-state index contributed by atoms with van der Waals surface area (Å²) in [5.41, 5.74) is 7.38. The molecule has 2 aromatic carbocycles. The number of hydrogen-bond acceptors (Lipinski definition) is 3. The van der Waals surface area contributed by atoms with Gasteiger partial charge in [-0.2, -0.15) is 5.26 Å². The summed E-state index contributed by atoms with van der Waals surface area (Å²) in [5, 5.41) is 12.0. The Balaban J connectivity index is 2.42. The van der Waals surface area contributed by atoms with Crippen LogP contribution in [0.5, 0.6) is 0 Å². The highest BCUT2D eigenvalue weighted by Gasteiger charge is 2.09. The number of halogens is 3. The van der Waals surface area contributed by atoms with E-state index in [2.05, 4.69) is 27.3 Å². The average molecular weight is 341 g/mol. The van der Waals surface area contributed by atoms with Crippen LogP contribution in [0, 0.1) is 17.1 Å². The highest BCUT2D eigenvalue weighted by atomic mass is 79.9. The molecule has 0 aliphatic carbocycles. The standard InChI is InChI=1S/C13H8BrClFN3/c14-8-1-2-12(7(3-8)6-17)19-13-4-9(15)10(16)5-11(13)18/h1-5,19H,18H2. The van der Waals surface area contributed by atoms with Crippen LogP contribution < -0.4 is 11.1 Å². The van der Waals surface area contributed by atoms with Gasteiger partial charge in [0.15, 0.2) is 0 Å². The van der Waals surface area contributed by atoms with Crippen LogP contribution in [-0.2, 0) is 0 Å². The van der Waals surface area contributed by atoms with E-state index >= 15 is 0 Å². The molecule has 6 heteroatoms. The van der Waals surface area contributed by atoms with Crippen molar-refractivity contribution in [2.75, 3.05) is 11.1 Å². The van der Waals surface area contributed by atoms with Crippen molar-refractivity contribution in [3.05, 3.63) is 51.2 Å². The van der Waals surface area contributed by atoms with Crippen molar-refractivity contribution < 1.29 is 4.39 Å². The van der Waals surface area contributed by atoms with Gasteiger partial charge in [-0.1, -0.05) is 27.5 Å². The lowest BCUT2D eigenvalue weighted by molar-refractivity contribution is 0.629. The van der Waals surface area contributed by atoms with Crippen molar-refractivity contribution >= 4 is 44.6 Å². The van der Waals surface area contributed by atoms with Crippen LogP contribution in [0.15, 0.2) is 34.8 Å². The second-order valence-electron chi connectivity index (χ2n) is 3.78. The van der Waals surface area contributed by atoms with Crippen molar-refractivity contribution in [1.29, 1.82) is 5.26 Å².